The first-order valence-corrected chi connectivity index (χ1v) is 6.71. The summed E-state index contributed by atoms with van der Waals surface area (Å²) in [7, 11) is 0. The van der Waals surface area contributed by atoms with E-state index in [9.17, 15) is 14.9 Å². The zero-order chi connectivity index (χ0) is 16.2. The molecule has 0 atom stereocenters. The minimum atomic E-state index is -0.522. The van der Waals surface area contributed by atoms with Gasteiger partial charge in [0.25, 0.3) is 5.69 Å². The van der Waals surface area contributed by atoms with Crippen molar-refractivity contribution in [3.63, 3.8) is 0 Å². The monoisotopic (exact) mass is 312 g/mol. The number of amides is 2. The smallest absolute Gasteiger partial charge is 0.319 e. The van der Waals surface area contributed by atoms with Crippen LogP contribution in [0.4, 0.5) is 16.2 Å². The van der Waals surface area contributed by atoms with Gasteiger partial charge in [0.05, 0.1) is 11.5 Å². The molecule has 116 valence electrons. The van der Waals surface area contributed by atoms with Crippen LogP contribution in [0.1, 0.15) is 5.82 Å². The van der Waals surface area contributed by atoms with Crippen LogP contribution in [-0.2, 0) is 6.54 Å². The number of aromatic nitrogens is 3. The van der Waals surface area contributed by atoms with Crippen molar-refractivity contribution in [1.29, 1.82) is 0 Å². The lowest BCUT2D eigenvalue weighted by molar-refractivity contribution is -0.384. The molecule has 0 saturated carbocycles. The number of rotatable bonds is 4. The van der Waals surface area contributed by atoms with E-state index in [4.69, 9.17) is 0 Å². The van der Waals surface area contributed by atoms with E-state index >= 15 is 0 Å². The van der Waals surface area contributed by atoms with Gasteiger partial charge in [-0.3, -0.25) is 14.5 Å². The van der Waals surface area contributed by atoms with Gasteiger partial charge in [0, 0.05) is 24.0 Å². The average Bonchev–Trinajstić information content (AvgIpc) is 2.96. The molecule has 0 unspecified atom stereocenters. The number of anilines is 1. The molecule has 0 bridgehead atoms. The van der Waals surface area contributed by atoms with Crippen molar-refractivity contribution in [3.05, 3.63) is 64.6 Å². The van der Waals surface area contributed by atoms with Crippen molar-refractivity contribution in [1.82, 2.24) is 19.9 Å². The summed E-state index contributed by atoms with van der Waals surface area (Å²) in [5.41, 5.74) is 0.928. The van der Waals surface area contributed by atoms with Gasteiger partial charge in [0.1, 0.15) is 0 Å². The van der Waals surface area contributed by atoms with Crippen LogP contribution in [0.3, 0.4) is 0 Å². The first-order valence-electron chi connectivity index (χ1n) is 6.71. The molecule has 0 saturated heterocycles. The Hall–Kier alpha value is -3.49. The van der Waals surface area contributed by atoms with Crippen molar-refractivity contribution in [3.8, 4) is 0 Å². The Morgan fingerprint density at radius 2 is 2.09 bits per heavy atom. The molecule has 2 heterocycles. The minimum absolute atomic E-state index is 0.0914. The van der Waals surface area contributed by atoms with Gasteiger partial charge in [-0.1, -0.05) is 12.1 Å². The summed E-state index contributed by atoms with van der Waals surface area (Å²) < 4.78 is 1.76. The number of non-ortho nitro benzene ring substituents is 1. The van der Waals surface area contributed by atoms with Gasteiger partial charge in [0.2, 0.25) is 0 Å². The highest BCUT2D eigenvalue weighted by atomic mass is 16.6. The number of benzene rings is 1. The molecule has 3 rings (SSSR count). The molecular weight excluding hydrogens is 300 g/mol. The lowest BCUT2D eigenvalue weighted by Crippen LogP contribution is -2.29. The van der Waals surface area contributed by atoms with Gasteiger partial charge in [-0.15, -0.1) is 10.2 Å². The van der Waals surface area contributed by atoms with Crippen molar-refractivity contribution in [2.24, 2.45) is 0 Å². The van der Waals surface area contributed by atoms with E-state index in [0.29, 0.717) is 17.2 Å². The lowest BCUT2D eigenvalue weighted by atomic mass is 10.3. The van der Waals surface area contributed by atoms with Crippen LogP contribution in [0.5, 0.6) is 0 Å². The third kappa shape index (κ3) is 3.23. The first kappa shape index (κ1) is 14.4. The maximum atomic E-state index is 11.9. The Morgan fingerprint density at radius 3 is 2.91 bits per heavy atom. The summed E-state index contributed by atoms with van der Waals surface area (Å²) in [5.74, 6) is 0.579. The Labute approximate surface area is 130 Å². The van der Waals surface area contributed by atoms with E-state index in [1.165, 1.54) is 18.2 Å². The summed E-state index contributed by atoms with van der Waals surface area (Å²) in [4.78, 5) is 22.1. The summed E-state index contributed by atoms with van der Waals surface area (Å²) in [6.45, 7) is 0.173. The largest absolute Gasteiger partial charge is 0.331 e. The highest BCUT2D eigenvalue weighted by Crippen LogP contribution is 2.16. The fourth-order valence-electron chi connectivity index (χ4n) is 2.04. The van der Waals surface area contributed by atoms with E-state index < -0.39 is 11.0 Å². The molecule has 2 amide bonds. The molecule has 9 nitrogen and oxygen atoms in total. The fourth-order valence-corrected chi connectivity index (χ4v) is 2.04. The average molecular weight is 312 g/mol. The second-order valence-electron chi connectivity index (χ2n) is 4.66. The second-order valence-corrected chi connectivity index (χ2v) is 4.66. The SMILES string of the molecule is O=C(NCc1nnc2ccccn12)Nc1cccc([N+](=O)[O-])c1. The van der Waals surface area contributed by atoms with Crippen molar-refractivity contribution >= 4 is 23.1 Å². The van der Waals surface area contributed by atoms with Gasteiger partial charge in [0.15, 0.2) is 11.5 Å². The van der Waals surface area contributed by atoms with Crippen molar-refractivity contribution < 1.29 is 9.72 Å². The number of nitro groups is 1. The number of nitro benzene ring substituents is 1. The van der Waals surface area contributed by atoms with Gasteiger partial charge in [-0.05, 0) is 18.2 Å². The van der Waals surface area contributed by atoms with E-state index in [2.05, 4.69) is 20.8 Å². The van der Waals surface area contributed by atoms with Gasteiger partial charge in [-0.2, -0.15) is 0 Å². The number of fused-ring (bicyclic) bond motifs is 1. The predicted octanol–water partition coefficient (Wildman–Crippen LogP) is 1.96. The number of carbonyl (C=O) groups excluding carboxylic acids is 1. The molecular formula is C14H12N6O3. The molecule has 1 aromatic carbocycles. The van der Waals surface area contributed by atoms with E-state index in [0.717, 1.165) is 0 Å². The van der Waals surface area contributed by atoms with Gasteiger partial charge < -0.3 is 10.6 Å². The third-order valence-corrected chi connectivity index (χ3v) is 3.11. The maximum Gasteiger partial charge on any atom is 0.319 e. The Balaban J connectivity index is 1.64. The molecule has 0 aliphatic carbocycles. The first-order chi connectivity index (χ1) is 11.1. The highest BCUT2D eigenvalue weighted by molar-refractivity contribution is 5.89. The molecule has 0 fully saturated rings. The number of hydrogen-bond donors (Lipinski definition) is 2. The number of nitrogens with one attached hydrogen (secondary N) is 2. The molecule has 0 aliphatic heterocycles. The molecule has 3 aromatic rings. The van der Waals surface area contributed by atoms with Crippen LogP contribution in [0.2, 0.25) is 0 Å². The van der Waals surface area contributed by atoms with Crippen LogP contribution >= 0.6 is 0 Å². The quantitative estimate of drug-likeness (QED) is 0.564. The summed E-state index contributed by atoms with van der Waals surface area (Å²) in [6.07, 6.45) is 1.80. The Bertz CT molecular complexity index is 876. The molecule has 0 radical (unpaired) electrons. The van der Waals surface area contributed by atoms with Gasteiger partial charge in [-0.25, -0.2) is 4.79 Å². The van der Waals surface area contributed by atoms with Crippen molar-refractivity contribution in [2.45, 2.75) is 6.54 Å². The topological polar surface area (TPSA) is 114 Å². The Morgan fingerprint density at radius 1 is 1.22 bits per heavy atom. The summed E-state index contributed by atoms with van der Waals surface area (Å²) >= 11 is 0. The van der Waals surface area contributed by atoms with Crippen LogP contribution < -0.4 is 10.6 Å². The lowest BCUT2D eigenvalue weighted by Gasteiger charge is -2.06. The van der Waals surface area contributed by atoms with E-state index in [1.54, 1.807) is 22.7 Å². The van der Waals surface area contributed by atoms with E-state index in [-0.39, 0.29) is 12.2 Å². The van der Waals surface area contributed by atoms with Crippen LogP contribution in [0.25, 0.3) is 5.65 Å². The van der Waals surface area contributed by atoms with E-state index in [1.807, 2.05) is 12.1 Å². The third-order valence-electron chi connectivity index (χ3n) is 3.11. The minimum Gasteiger partial charge on any atom is -0.331 e. The number of nitrogens with zero attached hydrogens (tertiary/aromatic N) is 4. The predicted molar refractivity (Wildman–Crippen MR) is 81.9 cm³/mol. The fraction of sp³-hybridized carbons (Fsp3) is 0.0714. The van der Waals surface area contributed by atoms with Crippen LogP contribution in [-0.4, -0.2) is 25.6 Å². The standard InChI is InChI=1S/C14H12N6O3/c21-14(16-10-4-3-5-11(8-10)20(22)23)15-9-13-18-17-12-6-1-2-7-19(12)13/h1-8H,9H2,(H2,15,16,21). The number of carbonyl (C=O) groups is 1. The van der Waals surface area contributed by atoms with Crippen LogP contribution in [0, 0.1) is 10.1 Å². The molecule has 0 aliphatic rings. The zero-order valence-corrected chi connectivity index (χ0v) is 11.8. The van der Waals surface area contributed by atoms with Crippen LogP contribution in [0.15, 0.2) is 48.7 Å². The molecule has 2 aromatic heterocycles. The molecule has 9 heteroatoms. The normalized spacial score (nSPS) is 10.4. The van der Waals surface area contributed by atoms with Gasteiger partial charge >= 0.3 is 6.03 Å². The second kappa shape index (κ2) is 6.10. The zero-order valence-electron chi connectivity index (χ0n) is 11.8. The summed E-state index contributed by atoms with van der Waals surface area (Å²) in [5, 5.41) is 23.8. The number of hydrogen-bond acceptors (Lipinski definition) is 5. The molecule has 0 spiro atoms. The maximum absolute atomic E-state index is 11.9. The number of urea groups is 1. The molecule has 23 heavy (non-hydrogen) atoms. The summed E-state index contributed by atoms with van der Waals surface area (Å²) in [6, 6.07) is 10.7. The molecule has 2 N–H and O–H groups in total. The highest BCUT2D eigenvalue weighted by Gasteiger charge is 2.09. The van der Waals surface area contributed by atoms with Crippen molar-refractivity contribution in [2.75, 3.05) is 5.32 Å². The Kier molecular flexibility index (Phi) is 3.83. The number of pyridine rings is 1.